The second-order valence-electron chi connectivity index (χ2n) is 4.56. The number of nitrogens with one attached hydrogen (secondary N) is 2. The molecular weight excluding hydrogens is 252 g/mol. The Balaban J connectivity index is 1.93. The molecule has 1 fully saturated rings. The molecule has 2 rings (SSSR count). The molecule has 0 aromatic heterocycles. The lowest BCUT2D eigenvalue weighted by Gasteiger charge is -2.16. The molecule has 0 saturated heterocycles. The van der Waals surface area contributed by atoms with Crippen molar-refractivity contribution in [2.45, 2.75) is 38.6 Å². The predicted octanol–water partition coefficient (Wildman–Crippen LogP) is 3.88. The van der Waals surface area contributed by atoms with Gasteiger partial charge in [-0.2, -0.15) is 0 Å². The van der Waals surface area contributed by atoms with Crippen molar-refractivity contribution >= 4 is 34.6 Å². The molecule has 2 nitrogen and oxygen atoms in total. The highest BCUT2D eigenvalue weighted by molar-refractivity contribution is 7.80. The molecule has 0 unspecified atom stereocenters. The molecule has 0 aliphatic heterocycles. The zero-order valence-corrected chi connectivity index (χ0v) is 11.5. The maximum atomic E-state index is 6.14. The molecule has 0 spiro atoms. The fourth-order valence-corrected chi connectivity index (χ4v) is 2.69. The maximum absolute atomic E-state index is 6.14. The summed E-state index contributed by atoms with van der Waals surface area (Å²) < 4.78 is 0. The molecule has 2 N–H and O–H groups in total. The molecule has 1 saturated carbocycles. The molecule has 92 valence electrons. The highest BCUT2D eigenvalue weighted by atomic mass is 35.5. The van der Waals surface area contributed by atoms with Crippen molar-refractivity contribution in [3.8, 4) is 0 Å². The van der Waals surface area contributed by atoms with Crippen molar-refractivity contribution in [1.82, 2.24) is 5.32 Å². The van der Waals surface area contributed by atoms with E-state index in [0.717, 1.165) is 11.3 Å². The van der Waals surface area contributed by atoms with Crippen LogP contribution in [0.4, 0.5) is 5.69 Å². The quantitative estimate of drug-likeness (QED) is 0.796. The Bertz CT molecular complexity index is 414. The first kappa shape index (κ1) is 12.7. The average molecular weight is 269 g/mol. The fourth-order valence-electron chi connectivity index (χ4n) is 2.14. The molecule has 1 aliphatic rings. The van der Waals surface area contributed by atoms with Gasteiger partial charge < -0.3 is 10.6 Å². The van der Waals surface area contributed by atoms with Gasteiger partial charge in [0.1, 0.15) is 0 Å². The summed E-state index contributed by atoms with van der Waals surface area (Å²) in [5.41, 5.74) is 2.02. The van der Waals surface area contributed by atoms with Crippen LogP contribution in [0.15, 0.2) is 18.2 Å². The molecule has 1 aromatic rings. The largest absolute Gasteiger partial charge is 0.360 e. The van der Waals surface area contributed by atoms with Crippen molar-refractivity contribution in [2.24, 2.45) is 0 Å². The first-order valence-electron chi connectivity index (χ1n) is 5.99. The Morgan fingerprint density at radius 1 is 1.35 bits per heavy atom. The molecule has 0 heterocycles. The van der Waals surface area contributed by atoms with Gasteiger partial charge in [0.25, 0.3) is 0 Å². The van der Waals surface area contributed by atoms with Gasteiger partial charge in [-0.05, 0) is 49.7 Å². The van der Waals surface area contributed by atoms with Gasteiger partial charge in [0.05, 0.1) is 10.7 Å². The summed E-state index contributed by atoms with van der Waals surface area (Å²) in [6.45, 7) is 2.02. The van der Waals surface area contributed by atoms with Crippen LogP contribution in [0.2, 0.25) is 5.02 Å². The summed E-state index contributed by atoms with van der Waals surface area (Å²) in [4.78, 5) is 0. The topological polar surface area (TPSA) is 24.1 Å². The van der Waals surface area contributed by atoms with Gasteiger partial charge in [0.2, 0.25) is 0 Å². The van der Waals surface area contributed by atoms with Crippen LogP contribution in [0.5, 0.6) is 0 Å². The van der Waals surface area contributed by atoms with Crippen LogP contribution < -0.4 is 10.6 Å². The predicted molar refractivity (Wildman–Crippen MR) is 77.8 cm³/mol. The average Bonchev–Trinajstić information content (AvgIpc) is 2.75. The molecule has 0 radical (unpaired) electrons. The van der Waals surface area contributed by atoms with Crippen molar-refractivity contribution in [3.63, 3.8) is 0 Å². The summed E-state index contributed by atoms with van der Waals surface area (Å²) in [7, 11) is 0. The first-order valence-corrected chi connectivity index (χ1v) is 6.77. The molecule has 1 aliphatic carbocycles. The Labute approximate surface area is 113 Å². The minimum Gasteiger partial charge on any atom is -0.360 e. The summed E-state index contributed by atoms with van der Waals surface area (Å²) >= 11 is 11.4. The van der Waals surface area contributed by atoms with Gasteiger partial charge >= 0.3 is 0 Å². The third-order valence-corrected chi connectivity index (χ3v) is 3.60. The second-order valence-corrected chi connectivity index (χ2v) is 5.38. The third-order valence-electron chi connectivity index (χ3n) is 3.06. The SMILES string of the molecule is Cc1ccc(NC(=S)NC2CCCC2)c(Cl)c1. The van der Waals surface area contributed by atoms with Crippen LogP contribution in [-0.2, 0) is 0 Å². The Hall–Kier alpha value is -0.800. The van der Waals surface area contributed by atoms with Gasteiger partial charge in [-0.25, -0.2) is 0 Å². The summed E-state index contributed by atoms with van der Waals surface area (Å²) in [6.07, 6.45) is 5.02. The van der Waals surface area contributed by atoms with Gasteiger partial charge in [-0.15, -0.1) is 0 Å². The molecule has 4 heteroatoms. The molecular formula is C13H17ClN2S. The lowest BCUT2D eigenvalue weighted by molar-refractivity contribution is 0.634. The van der Waals surface area contributed by atoms with E-state index in [2.05, 4.69) is 10.6 Å². The lowest BCUT2D eigenvalue weighted by atomic mass is 10.2. The number of thiocarbonyl (C=S) groups is 1. The number of hydrogen-bond donors (Lipinski definition) is 2. The van der Waals surface area contributed by atoms with Crippen molar-refractivity contribution < 1.29 is 0 Å². The molecule has 0 bridgehead atoms. The Morgan fingerprint density at radius 3 is 2.71 bits per heavy atom. The van der Waals surface area contributed by atoms with E-state index in [0.29, 0.717) is 16.2 Å². The number of anilines is 1. The summed E-state index contributed by atoms with van der Waals surface area (Å²) in [5.74, 6) is 0. The smallest absolute Gasteiger partial charge is 0.171 e. The number of benzene rings is 1. The van der Waals surface area contributed by atoms with Crippen LogP contribution in [0.1, 0.15) is 31.2 Å². The van der Waals surface area contributed by atoms with E-state index in [-0.39, 0.29) is 0 Å². The van der Waals surface area contributed by atoms with Crippen LogP contribution in [-0.4, -0.2) is 11.2 Å². The van der Waals surface area contributed by atoms with Gasteiger partial charge in [0.15, 0.2) is 5.11 Å². The van der Waals surface area contributed by atoms with Crippen LogP contribution in [0.25, 0.3) is 0 Å². The van der Waals surface area contributed by atoms with Crippen molar-refractivity contribution in [3.05, 3.63) is 28.8 Å². The van der Waals surface area contributed by atoms with Gasteiger partial charge in [-0.3, -0.25) is 0 Å². The van der Waals surface area contributed by atoms with Gasteiger partial charge in [-0.1, -0.05) is 30.5 Å². The molecule has 17 heavy (non-hydrogen) atoms. The van der Waals surface area contributed by atoms with E-state index >= 15 is 0 Å². The normalized spacial score (nSPS) is 15.9. The third kappa shape index (κ3) is 3.58. The van der Waals surface area contributed by atoms with Gasteiger partial charge in [0, 0.05) is 6.04 Å². The van der Waals surface area contributed by atoms with E-state index < -0.39 is 0 Å². The zero-order chi connectivity index (χ0) is 12.3. The minimum absolute atomic E-state index is 0.527. The summed E-state index contributed by atoms with van der Waals surface area (Å²) in [6, 6.07) is 6.44. The summed E-state index contributed by atoms with van der Waals surface area (Å²) in [5, 5.41) is 7.86. The monoisotopic (exact) mass is 268 g/mol. The number of hydrogen-bond acceptors (Lipinski definition) is 1. The lowest BCUT2D eigenvalue weighted by Crippen LogP contribution is -2.35. The fraction of sp³-hybridized carbons (Fsp3) is 0.462. The second kappa shape index (κ2) is 5.69. The molecule has 0 atom stereocenters. The van der Waals surface area contributed by atoms with Crippen LogP contribution >= 0.6 is 23.8 Å². The highest BCUT2D eigenvalue weighted by Crippen LogP contribution is 2.23. The van der Waals surface area contributed by atoms with E-state index in [1.165, 1.54) is 25.7 Å². The Kier molecular flexibility index (Phi) is 4.24. The van der Waals surface area contributed by atoms with E-state index in [1.807, 2.05) is 25.1 Å². The highest BCUT2D eigenvalue weighted by Gasteiger charge is 2.15. The first-order chi connectivity index (χ1) is 8.15. The minimum atomic E-state index is 0.527. The Morgan fingerprint density at radius 2 is 2.06 bits per heavy atom. The van der Waals surface area contributed by atoms with Crippen molar-refractivity contribution in [2.75, 3.05) is 5.32 Å². The van der Waals surface area contributed by atoms with E-state index in [9.17, 15) is 0 Å². The number of halogens is 1. The number of rotatable bonds is 2. The maximum Gasteiger partial charge on any atom is 0.171 e. The standard InChI is InChI=1S/C13H17ClN2S/c1-9-6-7-12(11(14)8-9)16-13(17)15-10-4-2-3-5-10/h6-8,10H,2-5H2,1H3,(H2,15,16,17). The molecule has 0 amide bonds. The van der Waals surface area contributed by atoms with E-state index in [1.54, 1.807) is 0 Å². The van der Waals surface area contributed by atoms with Crippen LogP contribution in [0.3, 0.4) is 0 Å². The van der Waals surface area contributed by atoms with Crippen LogP contribution in [0, 0.1) is 6.92 Å². The number of aryl methyl sites for hydroxylation is 1. The van der Waals surface area contributed by atoms with E-state index in [4.69, 9.17) is 23.8 Å². The molecule has 1 aromatic carbocycles. The van der Waals surface area contributed by atoms with Crippen molar-refractivity contribution in [1.29, 1.82) is 0 Å². The zero-order valence-electron chi connectivity index (χ0n) is 9.92.